The van der Waals surface area contributed by atoms with Crippen LogP contribution in [0.15, 0.2) is 18.2 Å². The molecule has 1 rings (SSSR count). The lowest BCUT2D eigenvalue weighted by molar-refractivity contribution is -0.118. The van der Waals surface area contributed by atoms with Gasteiger partial charge in [-0.15, -0.1) is 0 Å². The van der Waals surface area contributed by atoms with Gasteiger partial charge < -0.3 is 15.2 Å². The zero-order valence-electron chi connectivity index (χ0n) is 11.3. The number of halogens is 1. The Labute approximate surface area is 118 Å². The normalized spacial score (nSPS) is 12.0. The highest BCUT2D eigenvalue weighted by Crippen LogP contribution is 2.25. The maximum atomic E-state index is 10.8. The molecular weight excluding hydrogens is 266 g/mol. The number of ether oxygens (including phenoxy) is 1. The molecule has 0 aliphatic heterocycles. The van der Waals surface area contributed by atoms with Gasteiger partial charge in [-0.2, -0.15) is 0 Å². The fraction of sp³-hybridized carbons (Fsp3) is 0.500. The lowest BCUT2D eigenvalue weighted by Crippen LogP contribution is -2.21. The monoisotopic (exact) mass is 285 g/mol. The number of aryl methyl sites for hydroxylation is 1. The molecule has 0 saturated heterocycles. The summed E-state index contributed by atoms with van der Waals surface area (Å²) in [5.41, 5.74) is 1.02. The van der Waals surface area contributed by atoms with Crippen LogP contribution >= 0.6 is 11.6 Å². The number of aliphatic hydroxyl groups excluding tert-OH is 1. The maximum Gasteiger partial charge on any atom is 0.216 e. The number of aliphatic hydroxyl groups is 1. The average Bonchev–Trinajstić information content (AvgIpc) is 2.36. The molecule has 0 radical (unpaired) electrons. The van der Waals surface area contributed by atoms with Gasteiger partial charge in [0.25, 0.3) is 0 Å². The van der Waals surface area contributed by atoms with Crippen molar-refractivity contribution in [1.29, 1.82) is 0 Å². The smallest absolute Gasteiger partial charge is 0.216 e. The third kappa shape index (κ3) is 5.94. The number of hydrogen-bond acceptors (Lipinski definition) is 3. The molecule has 106 valence electrons. The van der Waals surface area contributed by atoms with E-state index in [9.17, 15) is 4.79 Å². The van der Waals surface area contributed by atoms with E-state index in [1.54, 1.807) is 13.0 Å². The third-order valence-electron chi connectivity index (χ3n) is 2.61. The van der Waals surface area contributed by atoms with E-state index in [0.29, 0.717) is 17.3 Å². The van der Waals surface area contributed by atoms with E-state index in [-0.39, 0.29) is 18.6 Å². The molecule has 0 saturated carbocycles. The molecule has 0 bridgehead atoms. The van der Waals surface area contributed by atoms with E-state index in [2.05, 4.69) is 5.32 Å². The van der Waals surface area contributed by atoms with Crippen LogP contribution in [0.5, 0.6) is 5.75 Å². The summed E-state index contributed by atoms with van der Waals surface area (Å²) < 4.78 is 5.63. The van der Waals surface area contributed by atoms with Crippen molar-refractivity contribution in [3.63, 3.8) is 0 Å². The molecule has 0 fully saturated rings. The molecule has 1 unspecified atom stereocenters. The molecule has 1 aromatic rings. The van der Waals surface area contributed by atoms with Gasteiger partial charge in [-0.05, 0) is 37.5 Å². The van der Waals surface area contributed by atoms with Gasteiger partial charge >= 0.3 is 0 Å². The van der Waals surface area contributed by atoms with Crippen LogP contribution in [0.3, 0.4) is 0 Å². The van der Waals surface area contributed by atoms with E-state index < -0.39 is 0 Å². The van der Waals surface area contributed by atoms with Crippen LogP contribution in [-0.4, -0.2) is 30.3 Å². The molecule has 1 aromatic carbocycles. The lowest BCUT2D eigenvalue weighted by Gasteiger charge is -2.16. The van der Waals surface area contributed by atoms with Gasteiger partial charge in [-0.1, -0.05) is 17.7 Å². The Morgan fingerprint density at radius 3 is 2.89 bits per heavy atom. The first-order chi connectivity index (χ1) is 9.02. The molecule has 1 amide bonds. The van der Waals surface area contributed by atoms with Crippen LogP contribution < -0.4 is 10.1 Å². The minimum absolute atomic E-state index is 0.0264. The second-order valence-corrected chi connectivity index (χ2v) is 4.89. The SMILES string of the molecule is CC(=O)NCCCc1ccc(Cl)cc1OC(C)CO. The molecule has 4 nitrogen and oxygen atoms in total. The Hall–Kier alpha value is -1.26. The van der Waals surface area contributed by atoms with Crippen molar-refractivity contribution in [2.24, 2.45) is 0 Å². The van der Waals surface area contributed by atoms with Gasteiger partial charge in [0.05, 0.1) is 6.61 Å². The second-order valence-electron chi connectivity index (χ2n) is 4.45. The number of amides is 1. The Kier molecular flexibility index (Phi) is 6.67. The van der Waals surface area contributed by atoms with Crippen molar-refractivity contribution in [3.05, 3.63) is 28.8 Å². The maximum absolute atomic E-state index is 10.8. The summed E-state index contributed by atoms with van der Waals surface area (Å²) in [6, 6.07) is 5.47. The molecule has 0 aliphatic carbocycles. The highest BCUT2D eigenvalue weighted by atomic mass is 35.5. The summed E-state index contributed by atoms with van der Waals surface area (Å²) in [5.74, 6) is 0.665. The number of nitrogens with one attached hydrogen (secondary N) is 1. The van der Waals surface area contributed by atoms with Crippen LogP contribution in [0.25, 0.3) is 0 Å². The Balaban J connectivity index is 2.62. The van der Waals surface area contributed by atoms with E-state index >= 15 is 0 Å². The van der Waals surface area contributed by atoms with Crippen molar-refractivity contribution in [2.75, 3.05) is 13.2 Å². The zero-order valence-corrected chi connectivity index (χ0v) is 12.0. The first kappa shape index (κ1) is 15.8. The van der Waals surface area contributed by atoms with Crippen LogP contribution in [0, 0.1) is 0 Å². The molecule has 0 spiro atoms. The standard InChI is InChI=1S/C14H20ClNO3/c1-10(9-17)19-14-8-13(15)6-5-12(14)4-3-7-16-11(2)18/h5-6,8,10,17H,3-4,7,9H2,1-2H3,(H,16,18). The summed E-state index contributed by atoms with van der Waals surface area (Å²) in [5, 5.41) is 12.4. The van der Waals surface area contributed by atoms with E-state index in [1.807, 2.05) is 12.1 Å². The molecule has 0 aromatic heterocycles. The number of hydrogen-bond donors (Lipinski definition) is 2. The van der Waals surface area contributed by atoms with Gasteiger partial charge in [0.1, 0.15) is 11.9 Å². The molecule has 19 heavy (non-hydrogen) atoms. The van der Waals surface area contributed by atoms with Crippen LogP contribution in [0.2, 0.25) is 5.02 Å². The Morgan fingerprint density at radius 1 is 1.53 bits per heavy atom. The first-order valence-electron chi connectivity index (χ1n) is 6.33. The zero-order chi connectivity index (χ0) is 14.3. The average molecular weight is 286 g/mol. The summed E-state index contributed by atoms with van der Waals surface area (Å²) >= 11 is 5.95. The van der Waals surface area contributed by atoms with Crippen molar-refractivity contribution in [3.8, 4) is 5.75 Å². The van der Waals surface area contributed by atoms with Crippen LogP contribution in [0.1, 0.15) is 25.8 Å². The van der Waals surface area contributed by atoms with Crippen molar-refractivity contribution < 1.29 is 14.6 Å². The molecule has 2 N–H and O–H groups in total. The largest absolute Gasteiger partial charge is 0.488 e. The van der Waals surface area contributed by atoms with Gasteiger partial charge in [0.2, 0.25) is 5.91 Å². The van der Waals surface area contributed by atoms with Crippen molar-refractivity contribution >= 4 is 17.5 Å². The molecule has 5 heteroatoms. The van der Waals surface area contributed by atoms with Crippen molar-refractivity contribution in [1.82, 2.24) is 5.32 Å². The summed E-state index contributed by atoms with van der Waals surface area (Å²) in [7, 11) is 0. The molecule has 1 atom stereocenters. The quantitative estimate of drug-likeness (QED) is 0.755. The number of benzene rings is 1. The predicted octanol–water partition coefficient (Wildman–Crippen LogP) is 2.17. The van der Waals surface area contributed by atoms with Crippen LogP contribution in [-0.2, 0) is 11.2 Å². The lowest BCUT2D eigenvalue weighted by atomic mass is 10.1. The Bertz CT molecular complexity index is 423. The predicted molar refractivity (Wildman–Crippen MR) is 75.6 cm³/mol. The first-order valence-corrected chi connectivity index (χ1v) is 6.71. The minimum atomic E-state index is -0.271. The summed E-state index contributed by atoms with van der Waals surface area (Å²) in [4.78, 5) is 10.8. The van der Waals surface area contributed by atoms with Gasteiger partial charge in [-0.3, -0.25) is 4.79 Å². The number of rotatable bonds is 7. The highest BCUT2D eigenvalue weighted by molar-refractivity contribution is 6.30. The van der Waals surface area contributed by atoms with E-state index in [0.717, 1.165) is 18.4 Å². The van der Waals surface area contributed by atoms with E-state index in [1.165, 1.54) is 6.92 Å². The van der Waals surface area contributed by atoms with Gasteiger partial charge in [0, 0.05) is 18.5 Å². The molecule has 0 heterocycles. The third-order valence-corrected chi connectivity index (χ3v) is 2.85. The minimum Gasteiger partial charge on any atom is -0.488 e. The van der Waals surface area contributed by atoms with Crippen LogP contribution in [0.4, 0.5) is 0 Å². The number of carbonyl (C=O) groups excluding carboxylic acids is 1. The fourth-order valence-corrected chi connectivity index (χ4v) is 1.80. The summed E-state index contributed by atoms with van der Waals surface area (Å²) in [6.45, 7) is 3.88. The van der Waals surface area contributed by atoms with Gasteiger partial charge in [-0.25, -0.2) is 0 Å². The Morgan fingerprint density at radius 2 is 2.26 bits per heavy atom. The number of carbonyl (C=O) groups is 1. The van der Waals surface area contributed by atoms with Crippen molar-refractivity contribution in [2.45, 2.75) is 32.8 Å². The second kappa shape index (κ2) is 8.02. The summed E-state index contributed by atoms with van der Waals surface area (Å²) in [6.07, 6.45) is 1.34. The van der Waals surface area contributed by atoms with E-state index in [4.69, 9.17) is 21.4 Å². The molecular formula is C14H20ClNO3. The molecule has 0 aliphatic rings. The topological polar surface area (TPSA) is 58.6 Å². The van der Waals surface area contributed by atoms with Gasteiger partial charge in [0.15, 0.2) is 0 Å². The highest BCUT2D eigenvalue weighted by Gasteiger charge is 2.08. The fourth-order valence-electron chi connectivity index (χ4n) is 1.64.